The van der Waals surface area contributed by atoms with E-state index in [1.54, 1.807) is 0 Å². The molecule has 0 saturated carbocycles. The second-order valence-electron chi connectivity index (χ2n) is 4.27. The second kappa shape index (κ2) is 6.35. The van der Waals surface area contributed by atoms with Crippen molar-refractivity contribution in [2.75, 3.05) is 38.6 Å². The third-order valence-corrected chi connectivity index (χ3v) is 4.45. The Morgan fingerprint density at radius 3 is 2.88 bits per heavy atom. The van der Waals surface area contributed by atoms with Crippen LogP contribution in [0.15, 0.2) is 0 Å². The van der Waals surface area contributed by atoms with Crippen molar-refractivity contribution in [3.63, 3.8) is 0 Å². The molecule has 92 valence electrons. The number of nitrogens with zero attached hydrogens (tertiary/aromatic N) is 1. The molecule has 0 aliphatic carbocycles. The fraction of sp³-hybridized carbons (Fsp3) is 0.909. The Morgan fingerprint density at radius 1 is 1.38 bits per heavy atom. The van der Waals surface area contributed by atoms with E-state index < -0.39 is 0 Å². The highest BCUT2D eigenvalue weighted by Crippen LogP contribution is 2.24. The highest BCUT2D eigenvalue weighted by Gasteiger charge is 2.19. The lowest BCUT2D eigenvalue weighted by molar-refractivity contribution is 0.0532. The smallest absolute Gasteiger partial charge is 0.317 e. The van der Waals surface area contributed by atoms with Crippen molar-refractivity contribution in [2.24, 2.45) is 0 Å². The molecule has 2 fully saturated rings. The van der Waals surface area contributed by atoms with Gasteiger partial charge in [-0.05, 0) is 18.6 Å². The van der Waals surface area contributed by atoms with Gasteiger partial charge >= 0.3 is 6.03 Å². The molecule has 1 unspecified atom stereocenters. The van der Waals surface area contributed by atoms with Crippen LogP contribution in [0.3, 0.4) is 0 Å². The molecule has 2 aliphatic rings. The molecule has 2 saturated heterocycles. The first-order chi connectivity index (χ1) is 7.86. The molecule has 0 aromatic carbocycles. The van der Waals surface area contributed by atoms with Gasteiger partial charge in [-0.2, -0.15) is 11.8 Å². The minimum atomic E-state index is 0.0782. The summed E-state index contributed by atoms with van der Waals surface area (Å²) in [4.78, 5) is 13.6. The minimum absolute atomic E-state index is 0.0782. The number of ether oxygens (including phenoxy) is 1. The predicted molar refractivity (Wildman–Crippen MR) is 65.9 cm³/mol. The third kappa shape index (κ3) is 3.56. The van der Waals surface area contributed by atoms with Crippen LogP contribution in [0.2, 0.25) is 0 Å². The van der Waals surface area contributed by atoms with Crippen LogP contribution in [0.1, 0.15) is 19.3 Å². The molecule has 0 aromatic heterocycles. The van der Waals surface area contributed by atoms with E-state index in [-0.39, 0.29) is 6.03 Å². The summed E-state index contributed by atoms with van der Waals surface area (Å²) in [6, 6.07) is 0.0782. The van der Waals surface area contributed by atoms with E-state index in [1.165, 1.54) is 25.0 Å². The highest BCUT2D eigenvalue weighted by atomic mass is 32.2. The Morgan fingerprint density at radius 2 is 2.19 bits per heavy atom. The summed E-state index contributed by atoms with van der Waals surface area (Å²) in [7, 11) is 0. The zero-order valence-corrected chi connectivity index (χ0v) is 10.4. The summed E-state index contributed by atoms with van der Waals surface area (Å²) in [5.74, 6) is 1.25. The standard InChI is InChI=1S/C11H20N2O2S/c14-11(13-4-6-15-7-5-13)12-9-10-3-1-2-8-16-10/h10H,1-9H2,(H,12,14). The summed E-state index contributed by atoms with van der Waals surface area (Å²) in [5, 5.41) is 3.66. The number of hydrogen-bond acceptors (Lipinski definition) is 3. The number of carbonyl (C=O) groups excluding carboxylic acids is 1. The molecule has 2 amide bonds. The highest BCUT2D eigenvalue weighted by molar-refractivity contribution is 7.99. The molecule has 4 nitrogen and oxygen atoms in total. The van der Waals surface area contributed by atoms with Crippen LogP contribution >= 0.6 is 11.8 Å². The van der Waals surface area contributed by atoms with E-state index in [2.05, 4.69) is 5.32 Å². The quantitative estimate of drug-likeness (QED) is 0.796. The average molecular weight is 244 g/mol. The van der Waals surface area contributed by atoms with Gasteiger partial charge in [0.1, 0.15) is 0 Å². The summed E-state index contributed by atoms with van der Waals surface area (Å²) in [5.41, 5.74) is 0. The van der Waals surface area contributed by atoms with E-state index in [4.69, 9.17) is 4.74 Å². The van der Waals surface area contributed by atoms with Gasteiger partial charge in [0.2, 0.25) is 0 Å². The van der Waals surface area contributed by atoms with E-state index in [0.717, 1.165) is 19.6 Å². The molecule has 0 aromatic rings. The topological polar surface area (TPSA) is 41.6 Å². The van der Waals surface area contributed by atoms with Crippen LogP contribution in [-0.2, 0) is 4.74 Å². The number of nitrogens with one attached hydrogen (secondary N) is 1. The number of hydrogen-bond donors (Lipinski definition) is 1. The lowest BCUT2D eigenvalue weighted by atomic mass is 10.2. The summed E-state index contributed by atoms with van der Waals surface area (Å²) in [6.45, 7) is 3.62. The van der Waals surface area contributed by atoms with Crippen LogP contribution in [0.25, 0.3) is 0 Å². The molecule has 0 bridgehead atoms. The van der Waals surface area contributed by atoms with Crippen molar-refractivity contribution < 1.29 is 9.53 Å². The Kier molecular flexibility index (Phi) is 4.78. The van der Waals surface area contributed by atoms with Crippen LogP contribution in [0.5, 0.6) is 0 Å². The van der Waals surface area contributed by atoms with Gasteiger partial charge in [-0.3, -0.25) is 0 Å². The van der Waals surface area contributed by atoms with E-state index in [9.17, 15) is 4.79 Å². The van der Waals surface area contributed by atoms with Gasteiger partial charge < -0.3 is 15.0 Å². The molecule has 2 aliphatic heterocycles. The van der Waals surface area contributed by atoms with Gasteiger partial charge in [0, 0.05) is 24.9 Å². The molecule has 2 heterocycles. The van der Waals surface area contributed by atoms with E-state index in [1.807, 2.05) is 16.7 Å². The third-order valence-electron chi connectivity index (χ3n) is 3.05. The lowest BCUT2D eigenvalue weighted by Gasteiger charge is -2.28. The van der Waals surface area contributed by atoms with E-state index >= 15 is 0 Å². The number of morpholine rings is 1. The maximum absolute atomic E-state index is 11.8. The predicted octanol–water partition coefficient (Wildman–Crippen LogP) is 1.31. The first-order valence-corrected chi connectivity index (χ1v) is 7.13. The normalized spacial score (nSPS) is 26.5. The Hall–Kier alpha value is -0.420. The van der Waals surface area contributed by atoms with Gasteiger partial charge in [-0.1, -0.05) is 6.42 Å². The van der Waals surface area contributed by atoms with Crippen LogP contribution in [0, 0.1) is 0 Å². The molecule has 1 N–H and O–H groups in total. The molecule has 5 heteroatoms. The van der Waals surface area contributed by atoms with Crippen LogP contribution in [-0.4, -0.2) is 54.8 Å². The number of thioether (sulfide) groups is 1. The second-order valence-corrected chi connectivity index (χ2v) is 5.68. The first-order valence-electron chi connectivity index (χ1n) is 6.08. The first kappa shape index (κ1) is 12.0. The molecule has 16 heavy (non-hydrogen) atoms. The fourth-order valence-corrected chi connectivity index (χ4v) is 3.29. The van der Waals surface area contributed by atoms with Gasteiger partial charge in [0.15, 0.2) is 0 Å². The number of carbonyl (C=O) groups is 1. The summed E-state index contributed by atoms with van der Waals surface area (Å²) >= 11 is 1.99. The number of urea groups is 1. The minimum Gasteiger partial charge on any atom is -0.378 e. The molecular formula is C11H20N2O2S. The Bertz CT molecular complexity index is 226. The number of rotatable bonds is 2. The molecule has 2 rings (SSSR count). The van der Waals surface area contributed by atoms with Gasteiger partial charge in [-0.25, -0.2) is 4.79 Å². The van der Waals surface area contributed by atoms with Crippen molar-refractivity contribution in [3.05, 3.63) is 0 Å². The van der Waals surface area contributed by atoms with Gasteiger partial charge in [0.05, 0.1) is 13.2 Å². The van der Waals surface area contributed by atoms with Crippen molar-refractivity contribution in [3.8, 4) is 0 Å². The largest absolute Gasteiger partial charge is 0.378 e. The fourth-order valence-electron chi connectivity index (χ4n) is 2.05. The molecular weight excluding hydrogens is 224 g/mol. The van der Waals surface area contributed by atoms with Crippen molar-refractivity contribution in [2.45, 2.75) is 24.5 Å². The number of amides is 2. The summed E-state index contributed by atoms with van der Waals surface area (Å²) in [6.07, 6.45) is 3.89. The van der Waals surface area contributed by atoms with Crippen molar-refractivity contribution in [1.29, 1.82) is 0 Å². The molecule has 0 radical (unpaired) electrons. The molecule has 0 spiro atoms. The monoisotopic (exact) mass is 244 g/mol. The van der Waals surface area contributed by atoms with Crippen LogP contribution in [0.4, 0.5) is 4.79 Å². The van der Waals surface area contributed by atoms with Gasteiger partial charge in [0.25, 0.3) is 0 Å². The lowest BCUT2D eigenvalue weighted by Crippen LogP contribution is -2.47. The zero-order valence-electron chi connectivity index (χ0n) is 9.61. The van der Waals surface area contributed by atoms with E-state index in [0.29, 0.717) is 18.5 Å². The van der Waals surface area contributed by atoms with Crippen molar-refractivity contribution >= 4 is 17.8 Å². The van der Waals surface area contributed by atoms with Crippen molar-refractivity contribution in [1.82, 2.24) is 10.2 Å². The maximum atomic E-state index is 11.8. The zero-order chi connectivity index (χ0) is 11.2. The molecule has 1 atom stereocenters. The SMILES string of the molecule is O=C(NCC1CCCCS1)N1CCOCC1. The van der Waals surface area contributed by atoms with Crippen LogP contribution < -0.4 is 5.32 Å². The Labute approximate surface area is 101 Å². The Balaban J connectivity index is 1.65. The maximum Gasteiger partial charge on any atom is 0.317 e. The average Bonchev–Trinajstić information content (AvgIpc) is 2.38. The van der Waals surface area contributed by atoms with Gasteiger partial charge in [-0.15, -0.1) is 0 Å². The summed E-state index contributed by atoms with van der Waals surface area (Å²) < 4.78 is 5.22.